The van der Waals surface area contributed by atoms with Gasteiger partial charge < -0.3 is 14.8 Å². The van der Waals surface area contributed by atoms with Crippen molar-refractivity contribution in [3.8, 4) is 22.6 Å². The molecule has 0 aromatic heterocycles. The molecule has 3 aromatic carbocycles. The van der Waals surface area contributed by atoms with Crippen LogP contribution in [0.25, 0.3) is 11.1 Å². The largest absolute Gasteiger partial charge is 0.497 e. The molecule has 0 radical (unpaired) electrons. The lowest BCUT2D eigenvalue weighted by molar-refractivity contribution is 0.102. The van der Waals surface area contributed by atoms with Crippen LogP contribution in [0.3, 0.4) is 0 Å². The van der Waals surface area contributed by atoms with Crippen molar-refractivity contribution in [1.82, 2.24) is 0 Å². The molecular weight excluding hydrogens is 362 g/mol. The van der Waals surface area contributed by atoms with Gasteiger partial charge in [-0.1, -0.05) is 44.0 Å². The molecule has 1 amide bonds. The summed E-state index contributed by atoms with van der Waals surface area (Å²) >= 11 is 0. The molecule has 4 nitrogen and oxygen atoms in total. The summed E-state index contributed by atoms with van der Waals surface area (Å²) in [5.74, 6) is 1.51. The zero-order valence-electron chi connectivity index (χ0n) is 17.0. The molecule has 0 aliphatic rings. The number of carbonyl (C=O) groups is 1. The predicted molar refractivity (Wildman–Crippen MR) is 118 cm³/mol. The van der Waals surface area contributed by atoms with Crippen molar-refractivity contribution in [3.05, 3.63) is 78.4 Å². The molecule has 3 aromatic rings. The molecule has 0 aliphatic heterocycles. The van der Waals surface area contributed by atoms with E-state index in [-0.39, 0.29) is 5.91 Å². The van der Waals surface area contributed by atoms with Crippen LogP contribution in [-0.2, 0) is 0 Å². The monoisotopic (exact) mass is 389 g/mol. The van der Waals surface area contributed by atoms with Crippen molar-refractivity contribution < 1.29 is 14.3 Å². The van der Waals surface area contributed by atoms with Gasteiger partial charge in [0.15, 0.2) is 0 Å². The fraction of sp³-hybridized carbons (Fsp3) is 0.240. The number of nitrogens with one attached hydrogen (secondary N) is 1. The molecule has 0 atom stereocenters. The Morgan fingerprint density at radius 1 is 0.793 bits per heavy atom. The highest BCUT2D eigenvalue weighted by atomic mass is 16.5. The van der Waals surface area contributed by atoms with Gasteiger partial charge in [0.25, 0.3) is 5.91 Å². The van der Waals surface area contributed by atoms with Gasteiger partial charge in [-0.05, 0) is 66.1 Å². The lowest BCUT2D eigenvalue weighted by Crippen LogP contribution is -2.11. The minimum Gasteiger partial charge on any atom is -0.497 e. The van der Waals surface area contributed by atoms with Gasteiger partial charge in [0.1, 0.15) is 11.5 Å². The van der Waals surface area contributed by atoms with Gasteiger partial charge in [0.2, 0.25) is 0 Å². The fourth-order valence-electron chi connectivity index (χ4n) is 2.98. The molecule has 4 heteroatoms. The number of hydrogen-bond donors (Lipinski definition) is 1. The van der Waals surface area contributed by atoms with Crippen LogP contribution in [0.2, 0.25) is 0 Å². The number of carbonyl (C=O) groups excluding carboxylic acids is 1. The topological polar surface area (TPSA) is 47.6 Å². The number of amides is 1. The van der Waals surface area contributed by atoms with Crippen LogP contribution < -0.4 is 14.8 Å². The minimum absolute atomic E-state index is 0.136. The van der Waals surface area contributed by atoms with E-state index in [0.717, 1.165) is 41.3 Å². The highest BCUT2D eigenvalue weighted by molar-refractivity contribution is 6.04. The first kappa shape index (κ1) is 20.5. The van der Waals surface area contributed by atoms with E-state index >= 15 is 0 Å². The first-order valence-corrected chi connectivity index (χ1v) is 9.98. The molecule has 1 N–H and O–H groups in total. The number of rotatable bonds is 9. The summed E-state index contributed by atoms with van der Waals surface area (Å²) in [7, 11) is 1.65. The second-order valence-electron chi connectivity index (χ2n) is 6.84. The summed E-state index contributed by atoms with van der Waals surface area (Å²) in [6.45, 7) is 2.89. The maximum absolute atomic E-state index is 12.5. The van der Waals surface area contributed by atoms with E-state index in [1.807, 2.05) is 72.8 Å². The highest BCUT2D eigenvalue weighted by Gasteiger charge is 2.07. The van der Waals surface area contributed by atoms with E-state index in [9.17, 15) is 4.79 Å². The lowest BCUT2D eigenvalue weighted by Gasteiger charge is -2.09. The summed E-state index contributed by atoms with van der Waals surface area (Å²) in [5, 5.41) is 2.93. The van der Waals surface area contributed by atoms with Crippen LogP contribution in [-0.4, -0.2) is 19.6 Å². The summed E-state index contributed by atoms with van der Waals surface area (Å²) in [4.78, 5) is 12.5. The van der Waals surface area contributed by atoms with E-state index in [1.165, 1.54) is 12.8 Å². The van der Waals surface area contributed by atoms with E-state index in [1.54, 1.807) is 7.11 Å². The lowest BCUT2D eigenvalue weighted by atomic mass is 10.0. The Kier molecular flexibility index (Phi) is 7.28. The molecule has 0 heterocycles. The van der Waals surface area contributed by atoms with Crippen molar-refractivity contribution >= 4 is 11.6 Å². The maximum Gasteiger partial charge on any atom is 0.255 e. The Labute approximate surface area is 172 Å². The van der Waals surface area contributed by atoms with Gasteiger partial charge in [0, 0.05) is 11.3 Å². The molecule has 0 saturated carbocycles. The Morgan fingerprint density at radius 3 is 1.97 bits per heavy atom. The summed E-state index contributed by atoms with van der Waals surface area (Å²) in [5.41, 5.74) is 3.48. The quantitative estimate of drug-likeness (QED) is 0.444. The van der Waals surface area contributed by atoms with Crippen molar-refractivity contribution in [2.45, 2.75) is 26.2 Å². The zero-order chi connectivity index (χ0) is 20.5. The molecule has 0 saturated heterocycles. The number of ether oxygens (including phenoxy) is 2. The fourth-order valence-corrected chi connectivity index (χ4v) is 2.98. The third kappa shape index (κ3) is 5.85. The molecule has 0 spiro atoms. The van der Waals surface area contributed by atoms with Gasteiger partial charge in [-0.2, -0.15) is 0 Å². The molecule has 3 rings (SSSR count). The first-order chi connectivity index (χ1) is 14.2. The molecule has 0 bridgehead atoms. The summed E-state index contributed by atoms with van der Waals surface area (Å²) in [6, 6.07) is 22.9. The molecule has 0 unspecified atom stereocenters. The second kappa shape index (κ2) is 10.3. The van der Waals surface area contributed by atoms with Crippen molar-refractivity contribution in [3.63, 3.8) is 0 Å². The summed E-state index contributed by atoms with van der Waals surface area (Å²) in [6.07, 6.45) is 3.41. The molecule has 150 valence electrons. The number of hydrogen-bond acceptors (Lipinski definition) is 3. The molecule has 29 heavy (non-hydrogen) atoms. The van der Waals surface area contributed by atoms with Crippen LogP contribution in [0, 0.1) is 0 Å². The SMILES string of the molecule is CCCCCOc1ccc(NC(=O)c2ccc(-c3ccc(OC)cc3)cc2)cc1. The Bertz CT molecular complexity index is 900. The predicted octanol–water partition coefficient (Wildman–Crippen LogP) is 6.18. The van der Waals surface area contributed by atoms with Gasteiger partial charge in [-0.15, -0.1) is 0 Å². The molecular formula is C25H27NO3. The third-order valence-electron chi connectivity index (χ3n) is 4.70. The van der Waals surface area contributed by atoms with Gasteiger partial charge in [-0.25, -0.2) is 0 Å². The van der Waals surface area contributed by atoms with Crippen molar-refractivity contribution in [2.24, 2.45) is 0 Å². The number of unbranched alkanes of at least 4 members (excludes halogenated alkanes) is 2. The van der Waals surface area contributed by atoms with E-state index < -0.39 is 0 Å². The second-order valence-corrected chi connectivity index (χ2v) is 6.84. The smallest absolute Gasteiger partial charge is 0.255 e. The summed E-state index contributed by atoms with van der Waals surface area (Å²) < 4.78 is 10.9. The number of benzene rings is 3. The Morgan fingerprint density at radius 2 is 1.38 bits per heavy atom. The van der Waals surface area contributed by atoms with Crippen LogP contribution in [0.15, 0.2) is 72.8 Å². The Balaban J connectivity index is 1.57. The van der Waals surface area contributed by atoms with Gasteiger partial charge in [0.05, 0.1) is 13.7 Å². The zero-order valence-corrected chi connectivity index (χ0v) is 17.0. The molecule has 0 fully saturated rings. The maximum atomic E-state index is 12.5. The third-order valence-corrected chi connectivity index (χ3v) is 4.70. The standard InChI is InChI=1S/C25H27NO3/c1-3-4-5-18-29-24-16-12-22(13-17-24)26-25(27)21-8-6-19(7-9-21)20-10-14-23(28-2)15-11-20/h6-17H,3-5,18H2,1-2H3,(H,26,27). The van der Waals surface area contributed by atoms with Gasteiger partial charge in [-0.3, -0.25) is 4.79 Å². The molecule has 0 aliphatic carbocycles. The van der Waals surface area contributed by atoms with Crippen LogP contribution in [0.1, 0.15) is 36.5 Å². The Hall–Kier alpha value is -3.27. The van der Waals surface area contributed by atoms with Crippen LogP contribution in [0.5, 0.6) is 11.5 Å². The van der Waals surface area contributed by atoms with Crippen LogP contribution >= 0.6 is 0 Å². The van der Waals surface area contributed by atoms with Gasteiger partial charge >= 0.3 is 0 Å². The first-order valence-electron chi connectivity index (χ1n) is 9.98. The van der Waals surface area contributed by atoms with Crippen molar-refractivity contribution in [2.75, 3.05) is 19.0 Å². The average Bonchev–Trinajstić information content (AvgIpc) is 2.78. The average molecular weight is 389 g/mol. The highest BCUT2D eigenvalue weighted by Crippen LogP contribution is 2.23. The van der Waals surface area contributed by atoms with E-state index in [2.05, 4.69) is 12.2 Å². The van der Waals surface area contributed by atoms with Crippen molar-refractivity contribution in [1.29, 1.82) is 0 Å². The van der Waals surface area contributed by atoms with E-state index in [0.29, 0.717) is 5.56 Å². The number of methoxy groups -OCH3 is 1. The minimum atomic E-state index is -0.136. The van der Waals surface area contributed by atoms with E-state index in [4.69, 9.17) is 9.47 Å². The normalized spacial score (nSPS) is 10.4. The number of anilines is 1. The van der Waals surface area contributed by atoms with Crippen LogP contribution in [0.4, 0.5) is 5.69 Å².